The third-order valence-electron chi connectivity index (χ3n) is 5.56. The summed E-state index contributed by atoms with van der Waals surface area (Å²) in [6, 6.07) is 17.1. The molecule has 0 unspecified atom stereocenters. The van der Waals surface area contributed by atoms with Crippen molar-refractivity contribution in [1.82, 2.24) is 9.55 Å². The highest BCUT2D eigenvalue weighted by Crippen LogP contribution is 2.37. The van der Waals surface area contributed by atoms with E-state index in [9.17, 15) is 13.2 Å². The number of fused-ring (bicyclic) bond motifs is 3. The lowest BCUT2D eigenvalue weighted by molar-refractivity contribution is -0.0512. The molecule has 1 aliphatic rings. The third-order valence-corrected chi connectivity index (χ3v) is 6.31. The van der Waals surface area contributed by atoms with Gasteiger partial charge in [-0.1, -0.05) is 30.3 Å². The van der Waals surface area contributed by atoms with E-state index in [-0.39, 0.29) is 35.7 Å². The largest absolute Gasteiger partial charge is 0.434 e. The summed E-state index contributed by atoms with van der Waals surface area (Å²) in [5, 5.41) is 0. The molecule has 34 heavy (non-hydrogen) atoms. The van der Waals surface area contributed by atoms with E-state index in [1.807, 2.05) is 35.1 Å². The van der Waals surface area contributed by atoms with E-state index >= 15 is 0 Å². The van der Waals surface area contributed by atoms with Gasteiger partial charge in [0.1, 0.15) is 24.0 Å². The van der Waals surface area contributed by atoms with Gasteiger partial charge in [0.15, 0.2) is 0 Å². The van der Waals surface area contributed by atoms with Crippen molar-refractivity contribution in [2.75, 3.05) is 12.9 Å². The van der Waals surface area contributed by atoms with E-state index in [1.54, 1.807) is 36.0 Å². The highest BCUT2D eigenvalue weighted by Gasteiger charge is 2.29. The van der Waals surface area contributed by atoms with Crippen LogP contribution in [-0.4, -0.2) is 40.0 Å². The predicted octanol–water partition coefficient (Wildman–Crippen LogP) is 4.64. The number of imidazole rings is 1. The number of nitrogens with zero attached hydrogens (tertiary/aromatic N) is 2. The minimum atomic E-state index is -2.94. The Morgan fingerprint density at radius 3 is 2.53 bits per heavy atom. The fraction of sp³-hybridized carbons (Fsp3) is 0.208. The van der Waals surface area contributed by atoms with Crippen molar-refractivity contribution in [2.24, 2.45) is 0 Å². The summed E-state index contributed by atoms with van der Waals surface area (Å²) in [7, 11) is 0. The lowest BCUT2D eigenvalue weighted by Crippen LogP contribution is -2.25. The summed E-state index contributed by atoms with van der Waals surface area (Å²) in [6.07, 6.45) is 1.98. The summed E-state index contributed by atoms with van der Waals surface area (Å²) >= 11 is 1.62. The number of ether oxygens (including phenoxy) is 2. The lowest BCUT2D eigenvalue weighted by Gasteiger charge is -2.28. The minimum absolute atomic E-state index is 0. The van der Waals surface area contributed by atoms with Crippen LogP contribution in [0.15, 0.2) is 65.6 Å². The van der Waals surface area contributed by atoms with Crippen molar-refractivity contribution >= 4 is 22.8 Å². The molecule has 0 bridgehead atoms. The second-order valence-electron chi connectivity index (χ2n) is 7.39. The number of benzene rings is 3. The molecule has 0 saturated carbocycles. The Morgan fingerprint density at radius 2 is 1.82 bits per heavy atom. The average Bonchev–Trinajstić information content (AvgIpc) is 3.16. The molecule has 10 heteroatoms. The maximum Gasteiger partial charge on any atom is 0.387 e. The van der Waals surface area contributed by atoms with Crippen LogP contribution in [0.2, 0.25) is 0 Å². The number of aromatic nitrogens is 2. The molecule has 0 radical (unpaired) electrons. The van der Waals surface area contributed by atoms with Gasteiger partial charge in [0.2, 0.25) is 0 Å². The first kappa shape index (κ1) is 25.6. The molecule has 3 aromatic carbocycles. The standard InChI is InChI=1S/C24H19F3N2O2S.2H2O/c1-32-15-8-6-14(7-9-15)17-10-20-19(11-18(17)25)28-23-13-30-12-21(29(20)23)16-4-2-3-5-22(16)31-24(26)27;;/h2-11,21,24H,12-13H2,1H3;2*1H2/t21-;;/m1../s1. The summed E-state index contributed by atoms with van der Waals surface area (Å²) in [5.74, 6) is 0.321. The predicted molar refractivity (Wildman–Crippen MR) is 125 cm³/mol. The van der Waals surface area contributed by atoms with Crippen LogP contribution in [-0.2, 0) is 11.3 Å². The number of hydrogen-bond acceptors (Lipinski definition) is 4. The van der Waals surface area contributed by atoms with Gasteiger partial charge in [-0.2, -0.15) is 8.78 Å². The smallest absolute Gasteiger partial charge is 0.387 e. The van der Waals surface area contributed by atoms with Gasteiger partial charge >= 0.3 is 6.61 Å². The molecule has 180 valence electrons. The van der Waals surface area contributed by atoms with Crippen LogP contribution in [0.1, 0.15) is 17.4 Å². The van der Waals surface area contributed by atoms with Gasteiger partial charge in [0, 0.05) is 22.1 Å². The molecule has 5 rings (SSSR count). The quantitative estimate of drug-likeness (QED) is 0.379. The van der Waals surface area contributed by atoms with Crippen LogP contribution >= 0.6 is 11.8 Å². The Hall–Kier alpha value is -3.05. The number of para-hydroxylation sites is 1. The van der Waals surface area contributed by atoms with Gasteiger partial charge in [-0.25, -0.2) is 9.37 Å². The van der Waals surface area contributed by atoms with E-state index in [1.165, 1.54) is 12.1 Å². The number of hydrogen-bond donors (Lipinski definition) is 0. The van der Waals surface area contributed by atoms with Crippen LogP contribution in [0, 0.1) is 5.82 Å². The van der Waals surface area contributed by atoms with E-state index in [2.05, 4.69) is 4.98 Å². The van der Waals surface area contributed by atoms with Crippen molar-refractivity contribution in [3.63, 3.8) is 0 Å². The van der Waals surface area contributed by atoms with Crippen molar-refractivity contribution < 1.29 is 33.6 Å². The minimum Gasteiger partial charge on any atom is -0.434 e. The van der Waals surface area contributed by atoms with Crippen molar-refractivity contribution in [2.45, 2.75) is 24.2 Å². The molecule has 6 nitrogen and oxygen atoms in total. The first-order valence-corrected chi connectivity index (χ1v) is 11.2. The summed E-state index contributed by atoms with van der Waals surface area (Å²) in [6.45, 7) is -2.43. The fourth-order valence-corrected chi connectivity index (χ4v) is 4.54. The number of thioether (sulfide) groups is 1. The molecule has 1 aliphatic heterocycles. The van der Waals surface area contributed by atoms with Gasteiger partial charge in [-0.05, 0) is 36.1 Å². The van der Waals surface area contributed by atoms with Gasteiger partial charge in [0.25, 0.3) is 0 Å². The monoisotopic (exact) mass is 492 g/mol. The molecular formula is C24H23F3N2O4S. The zero-order valence-corrected chi connectivity index (χ0v) is 18.9. The van der Waals surface area contributed by atoms with Crippen LogP contribution in [0.5, 0.6) is 5.75 Å². The van der Waals surface area contributed by atoms with Crippen LogP contribution in [0.25, 0.3) is 22.2 Å². The molecule has 0 aliphatic carbocycles. The third kappa shape index (κ3) is 4.62. The van der Waals surface area contributed by atoms with E-state index in [4.69, 9.17) is 9.47 Å². The topological polar surface area (TPSA) is 99.3 Å². The Bertz CT molecular complexity index is 1280. The molecular weight excluding hydrogens is 469 g/mol. The van der Waals surface area contributed by atoms with E-state index in [0.717, 1.165) is 10.5 Å². The van der Waals surface area contributed by atoms with Gasteiger partial charge in [-0.3, -0.25) is 0 Å². The number of rotatable bonds is 5. The van der Waals surface area contributed by atoms with Crippen molar-refractivity contribution in [1.29, 1.82) is 0 Å². The molecule has 0 saturated heterocycles. The zero-order valence-electron chi connectivity index (χ0n) is 18.1. The van der Waals surface area contributed by atoms with E-state index in [0.29, 0.717) is 28.0 Å². The van der Waals surface area contributed by atoms with Crippen molar-refractivity contribution in [3.8, 4) is 16.9 Å². The number of halogens is 3. The maximum atomic E-state index is 15.0. The van der Waals surface area contributed by atoms with Gasteiger partial charge in [-0.15, -0.1) is 11.8 Å². The molecule has 0 amide bonds. The molecule has 2 heterocycles. The molecule has 1 aromatic heterocycles. The Kier molecular flexibility index (Phi) is 7.88. The maximum absolute atomic E-state index is 15.0. The van der Waals surface area contributed by atoms with Crippen LogP contribution in [0.3, 0.4) is 0 Å². The average molecular weight is 493 g/mol. The Labute approximate surface area is 197 Å². The first-order valence-electron chi connectivity index (χ1n) is 10.0. The normalized spacial score (nSPS) is 14.9. The molecule has 4 N–H and O–H groups in total. The highest BCUT2D eigenvalue weighted by molar-refractivity contribution is 7.98. The second kappa shape index (κ2) is 10.5. The lowest BCUT2D eigenvalue weighted by atomic mass is 10.0. The summed E-state index contributed by atoms with van der Waals surface area (Å²) in [4.78, 5) is 5.64. The molecule has 0 fully saturated rings. The van der Waals surface area contributed by atoms with Crippen LogP contribution in [0.4, 0.5) is 13.2 Å². The molecule has 0 spiro atoms. The first-order chi connectivity index (χ1) is 15.5. The van der Waals surface area contributed by atoms with Crippen molar-refractivity contribution in [3.05, 3.63) is 77.9 Å². The van der Waals surface area contributed by atoms with Gasteiger partial charge < -0.3 is 25.0 Å². The Morgan fingerprint density at radius 1 is 1.09 bits per heavy atom. The molecule has 1 atom stereocenters. The van der Waals surface area contributed by atoms with E-state index < -0.39 is 12.7 Å². The van der Waals surface area contributed by atoms with Crippen LogP contribution < -0.4 is 4.74 Å². The van der Waals surface area contributed by atoms with Gasteiger partial charge in [0.05, 0.1) is 23.7 Å². The second-order valence-corrected chi connectivity index (χ2v) is 8.27. The fourth-order valence-electron chi connectivity index (χ4n) is 4.13. The number of alkyl halides is 2. The zero-order chi connectivity index (χ0) is 22.2. The summed E-state index contributed by atoms with van der Waals surface area (Å²) in [5.41, 5.74) is 2.97. The Balaban J connectivity index is 0.00000162. The SMILES string of the molecule is CSc1ccc(-c2cc3c(cc2F)nc2n3[C@@H](c3ccccc3OC(F)F)COC2)cc1.O.O. The highest BCUT2D eigenvalue weighted by atomic mass is 32.2. The molecule has 4 aromatic rings. The summed E-state index contributed by atoms with van der Waals surface area (Å²) < 4.78 is 53.3.